The van der Waals surface area contributed by atoms with Gasteiger partial charge >= 0.3 is 11.7 Å². The normalized spacial score (nSPS) is 11.1. The van der Waals surface area contributed by atoms with Crippen LogP contribution in [0.15, 0.2) is 54.2 Å². The largest absolute Gasteiger partial charge is 0.510 e. The van der Waals surface area contributed by atoms with Crippen LogP contribution in [0.4, 0.5) is 0 Å². The average molecular weight is 355 g/mol. The highest BCUT2D eigenvalue weighted by Crippen LogP contribution is 2.28. The highest BCUT2D eigenvalue weighted by Gasteiger charge is 2.32. The third-order valence-corrected chi connectivity index (χ3v) is 3.49. The first kappa shape index (κ1) is 18.8. The van der Waals surface area contributed by atoms with Crippen molar-refractivity contribution in [1.82, 2.24) is 0 Å². The Bertz CT molecular complexity index is 838. The maximum Gasteiger partial charge on any atom is 0.510 e. The lowest BCUT2D eigenvalue weighted by molar-refractivity contribution is -0.138. The van der Waals surface area contributed by atoms with Crippen molar-refractivity contribution in [2.75, 3.05) is 13.7 Å². The third-order valence-electron chi connectivity index (χ3n) is 3.49. The minimum atomic E-state index is -0.933. The van der Waals surface area contributed by atoms with Crippen LogP contribution in [-0.4, -0.2) is 24.8 Å². The number of aliphatic hydroxyl groups is 1. The molecule has 0 amide bonds. The molecule has 26 heavy (non-hydrogen) atoms. The first-order valence-electron chi connectivity index (χ1n) is 7.91. The summed E-state index contributed by atoms with van der Waals surface area (Å²) in [7, 11) is 1.59. The number of hydrogen-bond donors (Lipinski definition) is 1. The number of esters is 1. The predicted octanol–water partition coefficient (Wildman–Crippen LogP) is 3.92. The van der Waals surface area contributed by atoms with Gasteiger partial charge in [0.05, 0.1) is 19.3 Å². The summed E-state index contributed by atoms with van der Waals surface area (Å²) in [5, 5.41) is 19.4. The van der Waals surface area contributed by atoms with Crippen molar-refractivity contribution < 1.29 is 24.1 Å². The first-order chi connectivity index (χ1) is 12.6. The molecule has 7 nitrogen and oxygen atoms in total. The molecular formula is C19H19N2O5+. The molecule has 0 atom stereocenters. The molecule has 2 rings (SSSR count). The number of carbonyl (C=O) groups is 1. The van der Waals surface area contributed by atoms with Crippen LogP contribution < -0.4 is 9.47 Å². The number of nitrogens with zero attached hydrogens (tertiary/aromatic N) is 2. The van der Waals surface area contributed by atoms with Gasteiger partial charge in [-0.2, -0.15) is 0 Å². The molecule has 0 saturated carbocycles. The van der Waals surface area contributed by atoms with Gasteiger partial charge in [-0.15, -0.1) is 0 Å². The summed E-state index contributed by atoms with van der Waals surface area (Å²) in [6, 6.07) is 13.9. The molecule has 0 bridgehead atoms. The number of para-hydroxylation sites is 1. The molecule has 0 unspecified atom stereocenters. The van der Waals surface area contributed by atoms with E-state index < -0.39 is 17.4 Å². The molecular weight excluding hydrogens is 336 g/mol. The number of methoxy groups -OCH3 is 1. The maximum absolute atomic E-state index is 11.8. The average Bonchev–Trinajstić information content (AvgIpc) is 2.67. The molecule has 0 radical (unpaired) electrons. The van der Waals surface area contributed by atoms with Crippen LogP contribution in [0.1, 0.15) is 18.1 Å². The number of diazo groups is 1. The molecule has 2 aromatic carbocycles. The molecule has 0 heterocycles. The van der Waals surface area contributed by atoms with Gasteiger partial charge in [-0.3, -0.25) is 0 Å². The van der Waals surface area contributed by atoms with Crippen molar-refractivity contribution >= 4 is 11.7 Å². The smallest absolute Gasteiger partial charge is 0.501 e. The Balaban J connectivity index is 2.26. The standard InChI is InChI=1S/C19H18N2O5/c1-3-25-19(23)17(21-20)18(22)15-6-4-5-7-16(15)26-12-13-8-10-14(24-2)11-9-13/h4-11H,3,12H2,1-2H3/p+1. The molecule has 7 heteroatoms. The Labute approximate surface area is 151 Å². The zero-order valence-electron chi connectivity index (χ0n) is 14.5. The summed E-state index contributed by atoms with van der Waals surface area (Å²) in [6.07, 6.45) is 0. The second kappa shape index (κ2) is 9.08. The van der Waals surface area contributed by atoms with Crippen LogP contribution in [0.3, 0.4) is 0 Å². The summed E-state index contributed by atoms with van der Waals surface area (Å²) < 4.78 is 15.6. The topological polar surface area (TPSA) is 93.1 Å². The second-order valence-corrected chi connectivity index (χ2v) is 5.15. The van der Waals surface area contributed by atoms with E-state index in [1.54, 1.807) is 38.3 Å². The number of benzene rings is 2. The molecule has 0 aliphatic heterocycles. The van der Waals surface area contributed by atoms with Gasteiger partial charge in [0.2, 0.25) is 11.2 Å². The SMILES string of the molecule is CCOC(=O)/C([N+]#N)=C(\O)c1ccccc1OCc1ccc(OC)cc1. The fourth-order valence-electron chi connectivity index (χ4n) is 2.18. The number of ether oxygens (including phenoxy) is 3. The van der Waals surface area contributed by atoms with Gasteiger partial charge in [0.1, 0.15) is 18.1 Å². The molecule has 0 spiro atoms. The van der Waals surface area contributed by atoms with Gasteiger partial charge in [0, 0.05) is 0 Å². The van der Waals surface area contributed by atoms with E-state index in [1.807, 2.05) is 24.3 Å². The predicted molar refractivity (Wildman–Crippen MR) is 95.0 cm³/mol. The molecule has 0 saturated heterocycles. The van der Waals surface area contributed by atoms with Gasteiger partial charge < -0.3 is 19.3 Å². The summed E-state index contributed by atoms with van der Waals surface area (Å²) in [5.74, 6) is -0.404. The minimum absolute atomic E-state index is 0.0841. The van der Waals surface area contributed by atoms with E-state index in [4.69, 9.17) is 19.6 Å². The molecule has 0 aliphatic rings. The molecule has 134 valence electrons. The Hall–Kier alpha value is -3.53. The summed E-state index contributed by atoms with van der Waals surface area (Å²) in [5.41, 5.74) is 0.510. The molecule has 0 aliphatic carbocycles. The highest BCUT2D eigenvalue weighted by molar-refractivity contribution is 5.98. The van der Waals surface area contributed by atoms with Crippen LogP contribution in [-0.2, 0) is 16.1 Å². The Morgan fingerprint density at radius 3 is 2.46 bits per heavy atom. The monoisotopic (exact) mass is 355 g/mol. The van der Waals surface area contributed by atoms with Crippen molar-refractivity contribution in [3.05, 3.63) is 70.3 Å². The van der Waals surface area contributed by atoms with Gasteiger partial charge in [-0.1, -0.05) is 24.3 Å². The van der Waals surface area contributed by atoms with E-state index in [0.29, 0.717) is 5.75 Å². The van der Waals surface area contributed by atoms with Gasteiger partial charge in [-0.05, 0) is 36.8 Å². The fourth-order valence-corrected chi connectivity index (χ4v) is 2.18. The zero-order chi connectivity index (χ0) is 18.9. The summed E-state index contributed by atoms with van der Waals surface area (Å²) in [6.45, 7) is 1.93. The minimum Gasteiger partial charge on any atom is -0.501 e. The van der Waals surface area contributed by atoms with E-state index in [1.165, 1.54) is 0 Å². The van der Waals surface area contributed by atoms with Gasteiger partial charge in [0.15, 0.2) is 4.98 Å². The number of carbonyl (C=O) groups excluding carboxylic acids is 1. The molecule has 0 fully saturated rings. The molecule has 2 aromatic rings. The van der Waals surface area contributed by atoms with Crippen LogP contribution in [0.2, 0.25) is 0 Å². The van der Waals surface area contributed by atoms with Crippen molar-refractivity contribution in [3.63, 3.8) is 0 Å². The Kier molecular flexibility index (Phi) is 6.57. The van der Waals surface area contributed by atoms with Crippen LogP contribution in [0.25, 0.3) is 10.7 Å². The van der Waals surface area contributed by atoms with Crippen molar-refractivity contribution in [3.8, 4) is 11.5 Å². The van der Waals surface area contributed by atoms with E-state index in [9.17, 15) is 9.90 Å². The number of rotatable bonds is 7. The number of aliphatic hydroxyl groups excluding tert-OH is 1. The Morgan fingerprint density at radius 2 is 1.85 bits per heavy atom. The van der Waals surface area contributed by atoms with Gasteiger partial charge in [0.25, 0.3) is 0 Å². The zero-order valence-corrected chi connectivity index (χ0v) is 14.5. The molecule has 1 N–H and O–H groups in total. The third kappa shape index (κ3) is 4.51. The lowest BCUT2D eigenvalue weighted by atomic mass is 10.1. The maximum atomic E-state index is 11.8. The summed E-state index contributed by atoms with van der Waals surface area (Å²) >= 11 is 0. The van der Waals surface area contributed by atoms with Crippen molar-refractivity contribution in [2.24, 2.45) is 0 Å². The van der Waals surface area contributed by atoms with Crippen molar-refractivity contribution in [2.45, 2.75) is 13.5 Å². The van der Waals surface area contributed by atoms with Crippen molar-refractivity contribution in [1.29, 1.82) is 5.39 Å². The van der Waals surface area contributed by atoms with E-state index in [2.05, 4.69) is 4.98 Å². The van der Waals surface area contributed by atoms with Gasteiger partial charge in [-0.25, -0.2) is 4.79 Å². The molecule has 0 aromatic heterocycles. The fraction of sp³-hybridized carbons (Fsp3) is 0.211. The second-order valence-electron chi connectivity index (χ2n) is 5.15. The quantitative estimate of drug-likeness (QED) is 0.350. The van der Waals surface area contributed by atoms with Crippen LogP contribution >= 0.6 is 0 Å². The van der Waals surface area contributed by atoms with Crippen LogP contribution in [0, 0.1) is 5.39 Å². The van der Waals surface area contributed by atoms with E-state index >= 15 is 0 Å². The Morgan fingerprint density at radius 1 is 1.15 bits per heavy atom. The van der Waals surface area contributed by atoms with Crippen LogP contribution in [0.5, 0.6) is 11.5 Å². The van der Waals surface area contributed by atoms with E-state index in [-0.39, 0.29) is 18.8 Å². The number of hydrogen-bond acceptors (Lipinski definition) is 6. The van der Waals surface area contributed by atoms with E-state index in [0.717, 1.165) is 11.3 Å². The first-order valence-corrected chi connectivity index (χ1v) is 7.91. The summed E-state index contributed by atoms with van der Waals surface area (Å²) in [4.78, 5) is 14.6. The lowest BCUT2D eigenvalue weighted by Gasteiger charge is -2.10. The lowest BCUT2D eigenvalue weighted by Crippen LogP contribution is -2.08. The highest BCUT2D eigenvalue weighted by atomic mass is 16.5.